The van der Waals surface area contributed by atoms with Crippen LogP contribution in [-0.4, -0.2) is 33.2 Å². The van der Waals surface area contributed by atoms with Crippen LogP contribution in [0.2, 0.25) is 5.02 Å². The fourth-order valence-electron chi connectivity index (χ4n) is 3.46. The first-order valence-corrected chi connectivity index (χ1v) is 9.28. The second-order valence-corrected chi connectivity index (χ2v) is 6.98. The Morgan fingerprint density at radius 1 is 1.29 bits per heavy atom. The SMILES string of the molecule is CCCN1C(=O)C(O)=C(C(=O)c2cc3cc(Cl)ccc3o2)C1c1ccccn1. The number of benzene rings is 1. The van der Waals surface area contributed by atoms with Crippen LogP contribution < -0.4 is 0 Å². The highest BCUT2D eigenvalue weighted by atomic mass is 35.5. The summed E-state index contributed by atoms with van der Waals surface area (Å²) >= 11 is 6.00. The second kappa shape index (κ2) is 7.13. The molecule has 1 atom stereocenters. The first kappa shape index (κ1) is 18.3. The highest BCUT2D eigenvalue weighted by Gasteiger charge is 2.44. The van der Waals surface area contributed by atoms with Crippen molar-refractivity contribution < 1.29 is 19.1 Å². The molecule has 1 unspecified atom stereocenters. The summed E-state index contributed by atoms with van der Waals surface area (Å²) in [7, 11) is 0. The van der Waals surface area contributed by atoms with Crippen molar-refractivity contribution in [1.29, 1.82) is 0 Å². The van der Waals surface area contributed by atoms with E-state index < -0.39 is 23.5 Å². The normalized spacial score (nSPS) is 17.0. The number of carbonyl (C=O) groups excluding carboxylic acids is 2. The Bertz CT molecular complexity index is 1100. The fourth-order valence-corrected chi connectivity index (χ4v) is 3.64. The van der Waals surface area contributed by atoms with Crippen molar-refractivity contribution in [3.05, 3.63) is 76.5 Å². The van der Waals surface area contributed by atoms with E-state index in [4.69, 9.17) is 16.0 Å². The smallest absolute Gasteiger partial charge is 0.290 e. The van der Waals surface area contributed by atoms with Crippen LogP contribution in [0.1, 0.15) is 35.6 Å². The largest absolute Gasteiger partial charge is 0.503 e. The molecule has 3 aromatic rings. The molecule has 0 radical (unpaired) electrons. The number of amides is 1. The van der Waals surface area contributed by atoms with E-state index in [2.05, 4.69) is 4.98 Å². The molecule has 4 rings (SSSR count). The summed E-state index contributed by atoms with van der Waals surface area (Å²) in [6.45, 7) is 2.30. The second-order valence-electron chi connectivity index (χ2n) is 6.54. The Kier molecular flexibility index (Phi) is 4.65. The summed E-state index contributed by atoms with van der Waals surface area (Å²) in [6, 6.07) is 11.1. The Balaban J connectivity index is 1.81. The number of aliphatic hydroxyl groups excluding tert-OH is 1. The van der Waals surface area contributed by atoms with Gasteiger partial charge in [0.2, 0.25) is 5.78 Å². The molecule has 0 saturated heterocycles. The lowest BCUT2D eigenvalue weighted by atomic mass is 9.98. The molecule has 1 amide bonds. The van der Waals surface area contributed by atoms with Gasteiger partial charge in [0.15, 0.2) is 11.5 Å². The number of ketones is 1. The molecule has 28 heavy (non-hydrogen) atoms. The molecule has 7 heteroatoms. The van der Waals surface area contributed by atoms with Gasteiger partial charge in [0.1, 0.15) is 11.6 Å². The molecule has 1 aliphatic rings. The summed E-state index contributed by atoms with van der Waals surface area (Å²) in [5.41, 5.74) is 0.982. The number of pyridine rings is 1. The third-order valence-corrected chi connectivity index (χ3v) is 4.92. The minimum absolute atomic E-state index is 0.0256. The minimum atomic E-state index is -0.766. The zero-order valence-electron chi connectivity index (χ0n) is 15.1. The zero-order valence-corrected chi connectivity index (χ0v) is 15.8. The molecular formula is C21H17ClN2O4. The number of hydrogen-bond donors (Lipinski definition) is 1. The van der Waals surface area contributed by atoms with Gasteiger partial charge in [0.05, 0.1) is 11.3 Å². The number of Topliss-reactive ketones (excluding diaryl/α,β-unsaturated/α-hetero) is 1. The Morgan fingerprint density at radius 3 is 2.82 bits per heavy atom. The van der Waals surface area contributed by atoms with E-state index in [-0.39, 0.29) is 11.3 Å². The number of halogens is 1. The number of nitrogens with zero attached hydrogens (tertiary/aromatic N) is 2. The van der Waals surface area contributed by atoms with Crippen molar-refractivity contribution in [2.45, 2.75) is 19.4 Å². The van der Waals surface area contributed by atoms with Gasteiger partial charge in [-0.15, -0.1) is 0 Å². The van der Waals surface area contributed by atoms with Crippen LogP contribution in [0.3, 0.4) is 0 Å². The van der Waals surface area contributed by atoms with Crippen molar-refractivity contribution in [3.8, 4) is 0 Å². The van der Waals surface area contributed by atoms with Crippen LogP contribution in [0.5, 0.6) is 0 Å². The van der Waals surface area contributed by atoms with Crippen LogP contribution >= 0.6 is 11.6 Å². The third kappa shape index (κ3) is 2.96. The highest BCUT2D eigenvalue weighted by molar-refractivity contribution is 6.31. The van der Waals surface area contributed by atoms with Gasteiger partial charge in [-0.2, -0.15) is 0 Å². The zero-order chi connectivity index (χ0) is 19.8. The van der Waals surface area contributed by atoms with Crippen LogP contribution in [0.15, 0.2) is 64.4 Å². The van der Waals surface area contributed by atoms with Crippen molar-refractivity contribution >= 4 is 34.3 Å². The van der Waals surface area contributed by atoms with E-state index in [1.807, 2.05) is 6.92 Å². The number of carbonyl (C=O) groups is 2. The lowest BCUT2D eigenvalue weighted by Crippen LogP contribution is -2.32. The summed E-state index contributed by atoms with van der Waals surface area (Å²) in [5.74, 6) is -1.66. The van der Waals surface area contributed by atoms with Gasteiger partial charge in [-0.25, -0.2) is 0 Å². The predicted octanol–water partition coefficient (Wildman–Crippen LogP) is 4.47. The van der Waals surface area contributed by atoms with E-state index >= 15 is 0 Å². The molecule has 0 saturated carbocycles. The number of rotatable bonds is 5. The summed E-state index contributed by atoms with van der Waals surface area (Å²) < 4.78 is 5.66. The average molecular weight is 397 g/mol. The molecule has 0 aliphatic carbocycles. The predicted molar refractivity (Wildman–Crippen MR) is 104 cm³/mol. The number of aliphatic hydroxyl groups is 1. The van der Waals surface area contributed by atoms with Gasteiger partial charge in [-0.1, -0.05) is 24.6 Å². The van der Waals surface area contributed by atoms with Gasteiger partial charge < -0.3 is 14.4 Å². The number of hydrogen-bond acceptors (Lipinski definition) is 5. The van der Waals surface area contributed by atoms with E-state index in [1.165, 1.54) is 4.90 Å². The molecule has 2 aromatic heterocycles. The van der Waals surface area contributed by atoms with E-state index in [0.717, 1.165) is 0 Å². The van der Waals surface area contributed by atoms with Crippen molar-refractivity contribution in [2.24, 2.45) is 0 Å². The minimum Gasteiger partial charge on any atom is -0.503 e. The molecule has 0 fully saturated rings. The van der Waals surface area contributed by atoms with Gasteiger partial charge in [0.25, 0.3) is 5.91 Å². The van der Waals surface area contributed by atoms with Crippen LogP contribution in [-0.2, 0) is 4.79 Å². The summed E-state index contributed by atoms with van der Waals surface area (Å²) in [5, 5.41) is 11.7. The van der Waals surface area contributed by atoms with Gasteiger partial charge >= 0.3 is 0 Å². The molecule has 1 aromatic carbocycles. The highest BCUT2D eigenvalue weighted by Crippen LogP contribution is 2.39. The standard InChI is InChI=1S/C21H17ClN2O4/c1-2-9-24-18(14-5-3-4-8-23-14)17(20(26)21(24)27)19(25)16-11-12-10-13(22)6-7-15(12)28-16/h3-8,10-11,18,26H,2,9H2,1H3. The Morgan fingerprint density at radius 2 is 2.11 bits per heavy atom. The molecular weight excluding hydrogens is 380 g/mol. The van der Waals surface area contributed by atoms with E-state index in [1.54, 1.807) is 48.7 Å². The summed E-state index contributed by atoms with van der Waals surface area (Å²) in [6.07, 6.45) is 2.26. The maximum absolute atomic E-state index is 13.2. The lowest BCUT2D eigenvalue weighted by molar-refractivity contribution is -0.129. The molecule has 1 aliphatic heterocycles. The maximum Gasteiger partial charge on any atom is 0.290 e. The van der Waals surface area contributed by atoms with Gasteiger partial charge in [-0.3, -0.25) is 14.6 Å². The quantitative estimate of drug-likeness (QED) is 0.643. The van der Waals surface area contributed by atoms with Gasteiger partial charge in [-0.05, 0) is 42.8 Å². The lowest BCUT2D eigenvalue weighted by Gasteiger charge is -2.25. The van der Waals surface area contributed by atoms with E-state index in [0.29, 0.717) is 34.7 Å². The number of aromatic nitrogens is 1. The van der Waals surface area contributed by atoms with Gasteiger partial charge in [0, 0.05) is 23.2 Å². The monoisotopic (exact) mass is 396 g/mol. The van der Waals surface area contributed by atoms with Crippen LogP contribution in [0.4, 0.5) is 0 Å². The Hall–Kier alpha value is -3.12. The third-order valence-electron chi connectivity index (χ3n) is 4.68. The molecule has 0 bridgehead atoms. The molecule has 6 nitrogen and oxygen atoms in total. The topological polar surface area (TPSA) is 83.6 Å². The maximum atomic E-state index is 13.2. The molecule has 3 heterocycles. The van der Waals surface area contributed by atoms with Crippen LogP contribution in [0.25, 0.3) is 11.0 Å². The summed E-state index contributed by atoms with van der Waals surface area (Å²) in [4.78, 5) is 31.6. The van der Waals surface area contributed by atoms with Crippen molar-refractivity contribution in [2.75, 3.05) is 6.54 Å². The first-order valence-electron chi connectivity index (χ1n) is 8.90. The van der Waals surface area contributed by atoms with Crippen LogP contribution in [0, 0.1) is 0 Å². The first-order chi connectivity index (χ1) is 13.5. The number of fused-ring (bicyclic) bond motifs is 1. The molecule has 1 N–H and O–H groups in total. The molecule has 0 spiro atoms. The number of furan rings is 1. The van der Waals surface area contributed by atoms with Crippen molar-refractivity contribution in [3.63, 3.8) is 0 Å². The fraction of sp³-hybridized carbons (Fsp3) is 0.190. The molecule has 142 valence electrons. The Labute approximate surface area is 166 Å². The van der Waals surface area contributed by atoms with Crippen molar-refractivity contribution in [1.82, 2.24) is 9.88 Å². The average Bonchev–Trinajstić information content (AvgIpc) is 3.22. The van der Waals surface area contributed by atoms with E-state index in [9.17, 15) is 14.7 Å².